The van der Waals surface area contributed by atoms with Gasteiger partial charge in [0, 0.05) is 25.0 Å². The van der Waals surface area contributed by atoms with E-state index in [1.165, 1.54) is 17.3 Å². The lowest BCUT2D eigenvalue weighted by molar-refractivity contribution is 0.346. The van der Waals surface area contributed by atoms with Crippen LogP contribution >= 0.6 is 0 Å². The molecule has 1 aliphatic heterocycles. The van der Waals surface area contributed by atoms with Crippen molar-refractivity contribution in [1.29, 1.82) is 0 Å². The quantitative estimate of drug-likeness (QED) is 0.919. The molecule has 3 rings (SSSR count). The molecule has 1 aromatic heterocycles. The summed E-state index contributed by atoms with van der Waals surface area (Å²) in [7, 11) is -3.42. The van der Waals surface area contributed by atoms with Crippen LogP contribution in [0.3, 0.4) is 0 Å². The van der Waals surface area contributed by atoms with Gasteiger partial charge in [0.05, 0.1) is 0 Å². The molecule has 128 valence electrons. The van der Waals surface area contributed by atoms with Gasteiger partial charge in [0.15, 0.2) is 0 Å². The number of sulfonamides is 1. The third kappa shape index (κ3) is 3.60. The average molecular weight is 345 g/mol. The molecule has 0 amide bonds. The Kier molecular flexibility index (Phi) is 4.87. The molecular formula is C18H23N3O2S. The normalized spacial score (nSPS) is 16.1. The van der Waals surface area contributed by atoms with Crippen molar-refractivity contribution in [2.24, 2.45) is 0 Å². The number of nitrogens with one attached hydrogen (secondary N) is 1. The summed E-state index contributed by atoms with van der Waals surface area (Å²) in [6.07, 6.45) is 4.40. The predicted molar refractivity (Wildman–Crippen MR) is 96.0 cm³/mol. The lowest BCUT2D eigenvalue weighted by Crippen LogP contribution is -2.35. The van der Waals surface area contributed by atoms with E-state index in [4.69, 9.17) is 0 Å². The number of aromatic nitrogens is 1. The maximum Gasteiger partial charge on any atom is 0.244 e. The molecule has 1 fully saturated rings. The Morgan fingerprint density at radius 2 is 1.75 bits per heavy atom. The second kappa shape index (κ2) is 6.91. The molecule has 24 heavy (non-hydrogen) atoms. The predicted octanol–water partition coefficient (Wildman–Crippen LogP) is 3.62. The first-order valence-electron chi connectivity index (χ1n) is 8.27. The lowest BCUT2D eigenvalue weighted by atomic mass is 10.1. The molecule has 2 aromatic rings. The zero-order valence-electron chi connectivity index (χ0n) is 14.1. The van der Waals surface area contributed by atoms with Crippen molar-refractivity contribution in [1.82, 2.24) is 9.29 Å². The van der Waals surface area contributed by atoms with Crippen LogP contribution in [0.5, 0.6) is 0 Å². The monoisotopic (exact) mass is 345 g/mol. The number of anilines is 2. The highest BCUT2D eigenvalue weighted by Gasteiger charge is 2.26. The lowest BCUT2D eigenvalue weighted by Gasteiger charge is -2.25. The Bertz CT molecular complexity index is 811. The SMILES string of the molecule is Cc1ccc(Nc2ccc(S(=O)(=O)N3CCCCC3)cn2)cc1C. The number of rotatable bonds is 4. The van der Waals surface area contributed by atoms with Crippen molar-refractivity contribution in [2.45, 2.75) is 38.0 Å². The molecule has 0 radical (unpaired) electrons. The van der Waals surface area contributed by atoms with Gasteiger partial charge in [-0.25, -0.2) is 13.4 Å². The van der Waals surface area contributed by atoms with Crippen LogP contribution in [0.15, 0.2) is 41.4 Å². The van der Waals surface area contributed by atoms with Crippen LogP contribution in [0.2, 0.25) is 0 Å². The summed E-state index contributed by atoms with van der Waals surface area (Å²) in [4.78, 5) is 4.53. The van der Waals surface area contributed by atoms with E-state index in [1.807, 2.05) is 12.1 Å². The van der Waals surface area contributed by atoms with Crippen molar-refractivity contribution >= 4 is 21.5 Å². The van der Waals surface area contributed by atoms with Crippen LogP contribution < -0.4 is 5.32 Å². The highest BCUT2D eigenvalue weighted by atomic mass is 32.2. The van der Waals surface area contributed by atoms with Gasteiger partial charge in [0.1, 0.15) is 10.7 Å². The van der Waals surface area contributed by atoms with Gasteiger partial charge in [-0.1, -0.05) is 12.5 Å². The third-order valence-corrected chi connectivity index (χ3v) is 6.35. The van der Waals surface area contributed by atoms with E-state index in [0.29, 0.717) is 18.9 Å². The van der Waals surface area contributed by atoms with Crippen molar-refractivity contribution in [3.63, 3.8) is 0 Å². The van der Waals surface area contributed by atoms with Crippen molar-refractivity contribution in [3.05, 3.63) is 47.7 Å². The van der Waals surface area contributed by atoms with Gasteiger partial charge in [0.25, 0.3) is 0 Å². The van der Waals surface area contributed by atoms with Crippen LogP contribution in [0.25, 0.3) is 0 Å². The minimum absolute atomic E-state index is 0.259. The Balaban J connectivity index is 1.76. The summed E-state index contributed by atoms with van der Waals surface area (Å²) in [6.45, 7) is 5.33. The maximum atomic E-state index is 12.6. The van der Waals surface area contributed by atoms with Gasteiger partial charge in [-0.2, -0.15) is 4.31 Å². The molecule has 0 aliphatic carbocycles. The fraction of sp³-hybridized carbons (Fsp3) is 0.389. The number of hydrogen-bond donors (Lipinski definition) is 1. The summed E-state index contributed by atoms with van der Waals surface area (Å²) in [5, 5.41) is 3.21. The summed E-state index contributed by atoms with van der Waals surface area (Å²) < 4.78 is 26.8. The average Bonchev–Trinajstić information content (AvgIpc) is 2.59. The number of piperidine rings is 1. The Labute approximate surface area is 143 Å². The molecule has 1 N–H and O–H groups in total. The van der Waals surface area contributed by atoms with Gasteiger partial charge in [-0.05, 0) is 62.1 Å². The molecule has 0 unspecified atom stereocenters. The maximum absolute atomic E-state index is 12.6. The second-order valence-corrected chi connectivity index (χ2v) is 8.21. The summed E-state index contributed by atoms with van der Waals surface area (Å²) >= 11 is 0. The second-order valence-electron chi connectivity index (χ2n) is 6.27. The largest absolute Gasteiger partial charge is 0.340 e. The molecule has 1 saturated heterocycles. The first-order chi connectivity index (χ1) is 11.5. The minimum Gasteiger partial charge on any atom is -0.340 e. The van der Waals surface area contributed by atoms with Crippen LogP contribution in [0, 0.1) is 13.8 Å². The van der Waals surface area contributed by atoms with E-state index in [1.54, 1.807) is 16.4 Å². The van der Waals surface area contributed by atoms with Crippen LogP contribution in [-0.4, -0.2) is 30.8 Å². The Morgan fingerprint density at radius 3 is 2.38 bits per heavy atom. The zero-order valence-corrected chi connectivity index (χ0v) is 14.9. The van der Waals surface area contributed by atoms with Gasteiger partial charge >= 0.3 is 0 Å². The number of pyridine rings is 1. The molecule has 0 atom stereocenters. The van der Waals surface area contributed by atoms with Crippen LogP contribution in [0.4, 0.5) is 11.5 Å². The minimum atomic E-state index is -3.42. The Hall–Kier alpha value is -1.92. The van der Waals surface area contributed by atoms with Gasteiger partial charge in [-0.15, -0.1) is 0 Å². The molecule has 0 spiro atoms. The van der Waals surface area contributed by atoms with E-state index in [0.717, 1.165) is 24.9 Å². The number of aryl methyl sites for hydroxylation is 2. The zero-order chi connectivity index (χ0) is 17.2. The van der Waals surface area contributed by atoms with E-state index < -0.39 is 10.0 Å². The summed E-state index contributed by atoms with van der Waals surface area (Å²) in [5.41, 5.74) is 3.37. The Morgan fingerprint density at radius 1 is 1.00 bits per heavy atom. The molecule has 2 heterocycles. The molecule has 0 saturated carbocycles. The standard InChI is InChI=1S/C18H23N3O2S/c1-14-6-7-16(12-15(14)2)20-18-9-8-17(13-19-18)24(22,23)21-10-4-3-5-11-21/h6-9,12-13H,3-5,10-11H2,1-2H3,(H,19,20). The fourth-order valence-electron chi connectivity index (χ4n) is 2.83. The molecular weight excluding hydrogens is 322 g/mol. The number of benzene rings is 1. The summed E-state index contributed by atoms with van der Waals surface area (Å²) in [5.74, 6) is 0.635. The molecule has 1 aromatic carbocycles. The third-order valence-electron chi connectivity index (χ3n) is 4.47. The first kappa shape index (κ1) is 16.9. The van der Waals surface area contributed by atoms with E-state index in [2.05, 4.69) is 30.2 Å². The number of nitrogens with zero attached hydrogens (tertiary/aromatic N) is 2. The smallest absolute Gasteiger partial charge is 0.244 e. The van der Waals surface area contributed by atoms with Gasteiger partial charge in [0.2, 0.25) is 10.0 Å². The van der Waals surface area contributed by atoms with Crippen molar-refractivity contribution in [2.75, 3.05) is 18.4 Å². The van der Waals surface area contributed by atoms with Crippen LogP contribution in [0.1, 0.15) is 30.4 Å². The topological polar surface area (TPSA) is 62.3 Å². The molecule has 0 bridgehead atoms. The summed E-state index contributed by atoms with van der Waals surface area (Å²) in [6, 6.07) is 9.43. The molecule has 5 nitrogen and oxygen atoms in total. The molecule has 1 aliphatic rings. The van der Waals surface area contributed by atoms with E-state index >= 15 is 0 Å². The van der Waals surface area contributed by atoms with Crippen molar-refractivity contribution < 1.29 is 8.42 Å². The van der Waals surface area contributed by atoms with Crippen molar-refractivity contribution in [3.8, 4) is 0 Å². The van der Waals surface area contributed by atoms with E-state index in [9.17, 15) is 8.42 Å². The highest BCUT2D eigenvalue weighted by Crippen LogP contribution is 2.22. The van der Waals surface area contributed by atoms with E-state index in [-0.39, 0.29) is 4.90 Å². The van der Waals surface area contributed by atoms with Gasteiger partial charge in [-0.3, -0.25) is 0 Å². The fourth-order valence-corrected chi connectivity index (χ4v) is 4.29. The molecule has 6 heteroatoms. The van der Waals surface area contributed by atoms with Gasteiger partial charge < -0.3 is 5.32 Å². The van der Waals surface area contributed by atoms with Crippen LogP contribution in [-0.2, 0) is 10.0 Å². The first-order valence-corrected chi connectivity index (χ1v) is 9.71. The highest BCUT2D eigenvalue weighted by molar-refractivity contribution is 7.89. The number of hydrogen-bond acceptors (Lipinski definition) is 4.